The van der Waals surface area contributed by atoms with Gasteiger partial charge in [0.15, 0.2) is 5.78 Å². The van der Waals surface area contributed by atoms with Crippen molar-refractivity contribution < 1.29 is 17.9 Å². The second-order valence-electron chi connectivity index (χ2n) is 6.30. The van der Waals surface area contributed by atoms with Gasteiger partial charge in [0.1, 0.15) is 4.21 Å². The number of hydrogen-bond donors (Lipinski definition) is 0. The number of ether oxygens (including phenoxy) is 1. The summed E-state index contributed by atoms with van der Waals surface area (Å²) < 4.78 is 33.0. The molecule has 1 saturated heterocycles. The highest BCUT2D eigenvalue weighted by Gasteiger charge is 2.32. The minimum Gasteiger partial charge on any atom is -0.373 e. The fourth-order valence-electron chi connectivity index (χ4n) is 2.87. The van der Waals surface area contributed by atoms with E-state index in [9.17, 15) is 13.2 Å². The standard InChI is InChI=1S/C19H21NO4S2/c1-14-12-20(13-15(2)24-14)26(22,23)19-11-9-17(25-19)8-10-18(21)16-6-4-3-5-7-16/h3-11,14-15H,12-13H2,1-2H3/b10-8-/t14-,15+. The molecule has 2 heterocycles. The van der Waals surface area contributed by atoms with Crippen molar-refractivity contribution in [3.05, 3.63) is 59.0 Å². The van der Waals surface area contributed by atoms with Crippen LogP contribution in [0.25, 0.3) is 6.08 Å². The average molecular weight is 392 g/mol. The zero-order valence-corrected chi connectivity index (χ0v) is 16.3. The van der Waals surface area contributed by atoms with Crippen LogP contribution in [-0.4, -0.2) is 43.8 Å². The van der Waals surface area contributed by atoms with Crippen molar-refractivity contribution in [1.29, 1.82) is 0 Å². The average Bonchev–Trinajstić information content (AvgIpc) is 3.09. The van der Waals surface area contributed by atoms with Crippen LogP contribution in [-0.2, 0) is 14.8 Å². The maximum Gasteiger partial charge on any atom is 0.252 e. The third-order valence-corrected chi connectivity index (χ3v) is 7.39. The maximum absolute atomic E-state index is 12.8. The van der Waals surface area contributed by atoms with E-state index in [1.165, 1.54) is 10.4 Å². The number of nitrogens with zero attached hydrogens (tertiary/aromatic N) is 1. The first-order chi connectivity index (χ1) is 12.4. The highest BCUT2D eigenvalue weighted by atomic mass is 32.2. The number of hydrogen-bond acceptors (Lipinski definition) is 5. The summed E-state index contributed by atoms with van der Waals surface area (Å²) in [5.41, 5.74) is 0.601. The zero-order valence-electron chi connectivity index (χ0n) is 14.7. The molecule has 1 aromatic carbocycles. The van der Waals surface area contributed by atoms with Crippen molar-refractivity contribution in [2.24, 2.45) is 0 Å². The molecule has 138 valence electrons. The van der Waals surface area contributed by atoms with Crippen molar-refractivity contribution in [3.8, 4) is 0 Å². The fourth-order valence-corrected chi connectivity index (χ4v) is 5.85. The van der Waals surface area contributed by atoms with E-state index in [0.717, 1.165) is 16.2 Å². The van der Waals surface area contributed by atoms with E-state index in [1.54, 1.807) is 42.5 Å². The van der Waals surface area contributed by atoms with E-state index in [-0.39, 0.29) is 22.2 Å². The molecule has 0 radical (unpaired) electrons. The molecule has 1 fully saturated rings. The van der Waals surface area contributed by atoms with E-state index in [4.69, 9.17) is 4.74 Å². The summed E-state index contributed by atoms with van der Waals surface area (Å²) in [4.78, 5) is 12.8. The Bertz CT molecular complexity index is 893. The number of benzene rings is 1. The molecule has 0 aliphatic carbocycles. The van der Waals surface area contributed by atoms with Crippen LogP contribution >= 0.6 is 11.3 Å². The van der Waals surface area contributed by atoms with Crippen LogP contribution in [0.4, 0.5) is 0 Å². The number of thiophene rings is 1. The molecule has 2 atom stereocenters. The van der Waals surface area contributed by atoms with E-state index in [2.05, 4.69) is 0 Å². The molecular formula is C19H21NO4S2. The van der Waals surface area contributed by atoms with E-state index in [0.29, 0.717) is 18.7 Å². The van der Waals surface area contributed by atoms with Gasteiger partial charge >= 0.3 is 0 Å². The minimum absolute atomic E-state index is 0.112. The van der Waals surface area contributed by atoms with Crippen LogP contribution in [0.5, 0.6) is 0 Å². The predicted molar refractivity (Wildman–Crippen MR) is 103 cm³/mol. The van der Waals surface area contributed by atoms with Crippen LogP contribution < -0.4 is 0 Å². The number of sulfonamides is 1. The lowest BCUT2D eigenvalue weighted by Crippen LogP contribution is -2.47. The largest absolute Gasteiger partial charge is 0.373 e. The SMILES string of the molecule is C[C@@H]1CN(S(=O)(=O)c2ccc(/C=C\C(=O)c3ccccc3)s2)C[C@H](C)O1. The summed E-state index contributed by atoms with van der Waals surface area (Å²) >= 11 is 1.16. The highest BCUT2D eigenvalue weighted by Crippen LogP contribution is 2.28. The molecule has 0 saturated carbocycles. The van der Waals surface area contributed by atoms with Gasteiger partial charge in [-0.25, -0.2) is 8.42 Å². The molecule has 0 amide bonds. The van der Waals surface area contributed by atoms with E-state index >= 15 is 0 Å². The van der Waals surface area contributed by atoms with Crippen LogP contribution in [0.2, 0.25) is 0 Å². The van der Waals surface area contributed by atoms with E-state index < -0.39 is 10.0 Å². The van der Waals surface area contributed by atoms with Gasteiger partial charge in [0.25, 0.3) is 10.0 Å². The van der Waals surface area contributed by atoms with Gasteiger partial charge in [-0.2, -0.15) is 4.31 Å². The first-order valence-corrected chi connectivity index (χ1v) is 10.6. The van der Waals surface area contributed by atoms with Crippen LogP contribution in [0, 0.1) is 0 Å². The first-order valence-electron chi connectivity index (χ1n) is 8.39. The van der Waals surface area contributed by atoms with Crippen LogP contribution in [0.15, 0.2) is 52.7 Å². The molecule has 1 aromatic heterocycles. The third-order valence-electron chi connectivity index (χ3n) is 4.04. The Morgan fingerprint density at radius 3 is 2.42 bits per heavy atom. The summed E-state index contributed by atoms with van der Waals surface area (Å²) in [6.07, 6.45) is 2.87. The van der Waals surface area contributed by atoms with Gasteiger partial charge in [-0.15, -0.1) is 11.3 Å². The molecule has 0 N–H and O–H groups in total. The van der Waals surface area contributed by atoms with Crippen LogP contribution in [0.3, 0.4) is 0 Å². The lowest BCUT2D eigenvalue weighted by atomic mass is 10.1. The van der Waals surface area contributed by atoms with Crippen molar-refractivity contribution in [2.45, 2.75) is 30.3 Å². The number of carbonyl (C=O) groups excluding carboxylic acids is 1. The maximum atomic E-state index is 12.8. The summed E-state index contributed by atoms with van der Waals surface area (Å²) in [6.45, 7) is 4.44. The minimum atomic E-state index is -3.54. The summed E-state index contributed by atoms with van der Waals surface area (Å²) in [5.74, 6) is -0.112. The Labute approximate surface area is 158 Å². The molecule has 5 nitrogen and oxygen atoms in total. The van der Waals surface area contributed by atoms with Gasteiger partial charge in [-0.1, -0.05) is 30.3 Å². The Kier molecular flexibility index (Phi) is 5.72. The predicted octanol–water partition coefficient (Wildman–Crippen LogP) is 3.44. The zero-order chi connectivity index (χ0) is 18.7. The Balaban J connectivity index is 1.75. The quantitative estimate of drug-likeness (QED) is 0.579. The molecule has 0 bridgehead atoms. The van der Waals surface area contributed by atoms with Crippen molar-refractivity contribution in [1.82, 2.24) is 4.31 Å². The lowest BCUT2D eigenvalue weighted by Gasteiger charge is -2.34. The van der Waals surface area contributed by atoms with Gasteiger partial charge in [0.05, 0.1) is 12.2 Å². The van der Waals surface area contributed by atoms with Gasteiger partial charge in [0.2, 0.25) is 0 Å². The number of ketones is 1. The number of rotatable bonds is 5. The number of morpholine rings is 1. The second kappa shape index (κ2) is 7.84. The number of carbonyl (C=O) groups is 1. The molecule has 2 aromatic rings. The van der Waals surface area contributed by atoms with Gasteiger partial charge in [0, 0.05) is 23.5 Å². The summed E-state index contributed by atoms with van der Waals surface area (Å²) in [6, 6.07) is 12.3. The second-order valence-corrected chi connectivity index (χ2v) is 9.58. The molecule has 1 aliphatic rings. The van der Waals surface area contributed by atoms with E-state index in [1.807, 2.05) is 19.9 Å². The molecule has 3 rings (SSSR count). The van der Waals surface area contributed by atoms with Gasteiger partial charge in [-0.3, -0.25) is 4.79 Å². The fraction of sp³-hybridized carbons (Fsp3) is 0.316. The first kappa shape index (κ1) is 19.0. The number of allylic oxidation sites excluding steroid dienone is 1. The normalized spacial score (nSPS) is 21.9. The molecule has 1 aliphatic heterocycles. The van der Waals surface area contributed by atoms with Crippen molar-refractivity contribution in [2.75, 3.05) is 13.1 Å². The third kappa shape index (κ3) is 4.29. The smallest absolute Gasteiger partial charge is 0.252 e. The molecule has 26 heavy (non-hydrogen) atoms. The summed E-state index contributed by atoms with van der Waals surface area (Å²) in [7, 11) is -3.54. The van der Waals surface area contributed by atoms with Crippen molar-refractivity contribution in [3.63, 3.8) is 0 Å². The van der Waals surface area contributed by atoms with Gasteiger partial charge in [-0.05, 0) is 38.1 Å². The molecular weight excluding hydrogens is 370 g/mol. The topological polar surface area (TPSA) is 63.7 Å². The lowest BCUT2D eigenvalue weighted by molar-refractivity contribution is -0.0440. The van der Waals surface area contributed by atoms with Crippen LogP contribution in [0.1, 0.15) is 29.1 Å². The monoisotopic (exact) mass is 391 g/mol. The molecule has 7 heteroatoms. The van der Waals surface area contributed by atoms with Crippen molar-refractivity contribution >= 4 is 33.2 Å². The van der Waals surface area contributed by atoms with Gasteiger partial charge < -0.3 is 4.74 Å². The molecule has 0 spiro atoms. The Morgan fingerprint density at radius 2 is 1.77 bits per heavy atom. The Hall–Kier alpha value is -1.80. The Morgan fingerprint density at radius 1 is 1.12 bits per heavy atom. The summed E-state index contributed by atoms with van der Waals surface area (Å²) in [5, 5.41) is 0. The molecule has 0 unspecified atom stereocenters. The highest BCUT2D eigenvalue weighted by molar-refractivity contribution is 7.91.